The second-order valence-electron chi connectivity index (χ2n) is 8.23. The number of amides is 2. The first-order valence-corrected chi connectivity index (χ1v) is 13.1. The lowest BCUT2D eigenvalue weighted by molar-refractivity contribution is -0.144. The summed E-state index contributed by atoms with van der Waals surface area (Å²) in [5.74, 6) is -0.152. The molecule has 1 aliphatic carbocycles. The summed E-state index contributed by atoms with van der Waals surface area (Å²) in [5.41, 5.74) is 1.17. The molecular weight excluding hydrogens is 599 g/mol. The van der Waals surface area contributed by atoms with Crippen LogP contribution in [0.4, 0.5) is 0 Å². The van der Waals surface area contributed by atoms with Crippen LogP contribution < -0.4 is 10.1 Å². The first kappa shape index (κ1) is 28.4. The van der Waals surface area contributed by atoms with Crippen LogP contribution in [-0.4, -0.2) is 71.5 Å². The molecule has 3 atom stereocenters. The zero-order valence-electron chi connectivity index (χ0n) is 19.9. The number of para-hydroxylation sites is 1. The fourth-order valence-corrected chi connectivity index (χ4v) is 4.56. The minimum Gasteiger partial charge on any atom is -0.482 e. The highest BCUT2D eigenvalue weighted by molar-refractivity contribution is 14.1. The molecule has 10 heteroatoms. The molecule has 0 aliphatic heterocycles. The second-order valence-corrected chi connectivity index (χ2v) is 9.83. The van der Waals surface area contributed by atoms with Gasteiger partial charge < -0.3 is 29.9 Å². The van der Waals surface area contributed by atoms with Gasteiger partial charge in [0.25, 0.3) is 0 Å². The van der Waals surface area contributed by atoms with E-state index < -0.39 is 18.2 Å². The van der Waals surface area contributed by atoms with Crippen molar-refractivity contribution in [1.82, 2.24) is 10.2 Å². The summed E-state index contributed by atoms with van der Waals surface area (Å²) < 4.78 is 12.4. The molecule has 8 nitrogen and oxygen atoms in total. The van der Waals surface area contributed by atoms with Crippen molar-refractivity contribution < 1.29 is 29.3 Å². The van der Waals surface area contributed by atoms with Crippen LogP contribution in [0.5, 0.6) is 5.75 Å². The van der Waals surface area contributed by atoms with Gasteiger partial charge in [0, 0.05) is 36.7 Å². The largest absolute Gasteiger partial charge is 0.482 e. The summed E-state index contributed by atoms with van der Waals surface area (Å²) in [4.78, 5) is 27.6. The van der Waals surface area contributed by atoms with Crippen molar-refractivity contribution in [1.29, 1.82) is 0 Å². The molecule has 0 bridgehead atoms. The molecule has 36 heavy (non-hydrogen) atoms. The molecule has 2 amide bonds. The van der Waals surface area contributed by atoms with Gasteiger partial charge in [-0.25, -0.2) is 0 Å². The molecule has 3 N–H and O–H groups in total. The molecular formula is C26H30ClIN2O6. The Hall–Kier alpha value is -2.18. The monoisotopic (exact) mass is 628 g/mol. The van der Waals surface area contributed by atoms with E-state index in [1.165, 1.54) is 4.90 Å². The van der Waals surface area contributed by atoms with Crippen LogP contribution in [0.2, 0.25) is 5.02 Å². The number of aliphatic hydroxyl groups excluding tert-OH is 2. The van der Waals surface area contributed by atoms with Crippen molar-refractivity contribution in [2.24, 2.45) is 0 Å². The van der Waals surface area contributed by atoms with Crippen molar-refractivity contribution in [3.8, 4) is 5.75 Å². The molecule has 3 rings (SSSR count). The topological polar surface area (TPSA) is 108 Å². The number of carbonyl (C=O) groups excluding carboxylic acids is 2. The average Bonchev–Trinajstić information content (AvgIpc) is 2.88. The van der Waals surface area contributed by atoms with Crippen LogP contribution in [0.3, 0.4) is 0 Å². The Kier molecular flexibility index (Phi) is 11.0. The Morgan fingerprint density at radius 2 is 1.92 bits per heavy atom. The number of nitrogens with zero attached hydrogens (tertiary/aromatic N) is 1. The van der Waals surface area contributed by atoms with Crippen molar-refractivity contribution in [2.45, 2.75) is 38.1 Å². The molecule has 0 radical (unpaired) electrons. The Bertz CT molecular complexity index is 1060. The van der Waals surface area contributed by atoms with Gasteiger partial charge in [-0.1, -0.05) is 35.9 Å². The van der Waals surface area contributed by atoms with E-state index in [9.17, 15) is 14.7 Å². The number of nitrogens with one attached hydrogen (secondary N) is 1. The maximum Gasteiger partial charge on any atom is 0.249 e. The Morgan fingerprint density at radius 3 is 2.58 bits per heavy atom. The van der Waals surface area contributed by atoms with E-state index in [0.29, 0.717) is 23.0 Å². The van der Waals surface area contributed by atoms with Crippen LogP contribution in [0.15, 0.2) is 60.2 Å². The molecule has 1 aliphatic rings. The molecule has 0 heterocycles. The van der Waals surface area contributed by atoms with E-state index in [1.807, 2.05) is 30.3 Å². The van der Waals surface area contributed by atoms with E-state index in [-0.39, 0.29) is 44.5 Å². The summed E-state index contributed by atoms with van der Waals surface area (Å²) in [5, 5.41) is 23.8. The maximum atomic E-state index is 13.3. The lowest BCUT2D eigenvalue weighted by Gasteiger charge is -2.40. The molecule has 2 aromatic rings. The SMILES string of the molecule is CCOCC(=O)N(Cc1ccc(Cl)cc1)[C@@H]1CC(C(=O)NCCO)=C[C@H](Oc2ccccc2I)[C@H]1O. The first-order valence-electron chi connectivity index (χ1n) is 11.6. The highest BCUT2D eigenvalue weighted by atomic mass is 127. The van der Waals surface area contributed by atoms with Crippen LogP contribution in [0.1, 0.15) is 18.9 Å². The van der Waals surface area contributed by atoms with Crippen molar-refractivity contribution in [3.63, 3.8) is 0 Å². The van der Waals surface area contributed by atoms with Crippen LogP contribution in [0, 0.1) is 3.57 Å². The zero-order chi connectivity index (χ0) is 26.1. The molecule has 0 aromatic heterocycles. The fourth-order valence-electron chi connectivity index (χ4n) is 3.92. The number of rotatable bonds is 11. The summed E-state index contributed by atoms with van der Waals surface area (Å²) in [6, 6.07) is 13.7. The number of hydrogen-bond acceptors (Lipinski definition) is 6. The highest BCUT2D eigenvalue weighted by Crippen LogP contribution is 2.30. The second kappa shape index (κ2) is 13.9. The minimum atomic E-state index is -1.12. The third-order valence-electron chi connectivity index (χ3n) is 5.73. The number of carbonyl (C=O) groups is 2. The first-order chi connectivity index (χ1) is 17.3. The van der Waals surface area contributed by atoms with Gasteiger partial charge in [0.05, 0.1) is 16.2 Å². The van der Waals surface area contributed by atoms with E-state index in [2.05, 4.69) is 27.9 Å². The quantitative estimate of drug-likeness (QED) is 0.331. The van der Waals surface area contributed by atoms with Crippen molar-refractivity contribution >= 4 is 46.0 Å². The van der Waals surface area contributed by atoms with E-state index >= 15 is 0 Å². The van der Waals surface area contributed by atoms with Gasteiger partial charge in [-0.2, -0.15) is 0 Å². The van der Waals surface area contributed by atoms with E-state index in [1.54, 1.807) is 31.2 Å². The van der Waals surface area contributed by atoms with Gasteiger partial charge in [0.1, 0.15) is 24.6 Å². The third kappa shape index (κ3) is 7.66. The molecule has 0 unspecified atom stereocenters. The van der Waals surface area contributed by atoms with Crippen LogP contribution in [0.25, 0.3) is 0 Å². The molecule has 0 spiro atoms. The van der Waals surface area contributed by atoms with Gasteiger partial charge in [-0.3, -0.25) is 9.59 Å². The van der Waals surface area contributed by atoms with Crippen molar-refractivity contribution in [3.05, 3.63) is 74.3 Å². The summed E-state index contributed by atoms with van der Waals surface area (Å²) >= 11 is 8.16. The van der Waals surface area contributed by atoms with Crippen molar-refractivity contribution in [2.75, 3.05) is 26.4 Å². The summed E-state index contributed by atoms with van der Waals surface area (Å²) in [7, 11) is 0. The number of halogens is 2. The number of hydrogen-bond donors (Lipinski definition) is 3. The van der Waals surface area contributed by atoms with Gasteiger partial charge in [-0.15, -0.1) is 0 Å². The standard InChI is InChI=1S/C26H30ClIN2O6/c1-2-35-16-24(32)30(15-17-7-9-19(27)10-8-17)21-13-18(26(34)29-11-12-31)14-23(25(21)33)36-22-6-4-3-5-20(22)28/h3-10,14,21,23,25,31,33H,2,11-13,15-16H2,1H3,(H,29,34)/t21-,23+,25+/m1/s1. The number of aliphatic hydroxyl groups is 2. The molecule has 2 aromatic carbocycles. The Morgan fingerprint density at radius 1 is 1.19 bits per heavy atom. The predicted octanol–water partition coefficient (Wildman–Crippen LogP) is 2.93. The fraction of sp³-hybridized carbons (Fsp3) is 0.385. The van der Waals surface area contributed by atoms with Crippen LogP contribution in [-0.2, 0) is 20.9 Å². The molecule has 0 saturated carbocycles. The van der Waals surface area contributed by atoms with E-state index in [4.69, 9.17) is 26.2 Å². The van der Waals surface area contributed by atoms with E-state index in [0.717, 1.165) is 9.13 Å². The lowest BCUT2D eigenvalue weighted by atomic mass is 9.88. The normalized spacial score (nSPS) is 19.4. The third-order valence-corrected chi connectivity index (χ3v) is 6.87. The Labute approximate surface area is 229 Å². The van der Waals surface area contributed by atoms with Gasteiger partial charge >= 0.3 is 0 Å². The number of benzene rings is 2. The summed E-state index contributed by atoms with van der Waals surface area (Å²) in [6.45, 7) is 2.06. The molecule has 0 saturated heterocycles. The zero-order valence-corrected chi connectivity index (χ0v) is 22.8. The van der Waals surface area contributed by atoms with Gasteiger partial charge in [0.15, 0.2) is 0 Å². The average molecular weight is 629 g/mol. The minimum absolute atomic E-state index is 0.0866. The number of ether oxygens (including phenoxy) is 2. The highest BCUT2D eigenvalue weighted by Gasteiger charge is 2.40. The maximum absolute atomic E-state index is 13.3. The smallest absolute Gasteiger partial charge is 0.249 e. The lowest BCUT2D eigenvalue weighted by Crippen LogP contribution is -2.55. The molecule has 194 valence electrons. The summed E-state index contributed by atoms with van der Waals surface area (Å²) in [6.07, 6.45) is -0.310. The van der Waals surface area contributed by atoms with Gasteiger partial charge in [-0.05, 0) is 65.4 Å². The molecule has 0 fully saturated rings. The van der Waals surface area contributed by atoms with Gasteiger partial charge in [0.2, 0.25) is 11.8 Å². The van der Waals surface area contributed by atoms with Crippen LogP contribution >= 0.6 is 34.2 Å². The Balaban J connectivity index is 1.96. The predicted molar refractivity (Wildman–Crippen MR) is 145 cm³/mol.